The molecule has 0 fully saturated rings. The van der Waals surface area contributed by atoms with Crippen molar-refractivity contribution in [2.45, 2.75) is 11.8 Å². The number of aryl methyl sites for hydroxylation is 1. The predicted octanol–water partition coefficient (Wildman–Crippen LogP) is 3.83. The molecule has 0 atom stereocenters. The zero-order chi connectivity index (χ0) is 18.0. The minimum Gasteiger partial charge on any atom is -0.268 e. The highest BCUT2D eigenvalue weighted by Crippen LogP contribution is 2.30. The minimum absolute atomic E-state index is 0.181. The molecule has 0 spiro atoms. The highest BCUT2D eigenvalue weighted by atomic mass is 32.2. The summed E-state index contributed by atoms with van der Waals surface area (Å²) in [5.41, 5.74) is 1.93. The number of nitrogens with zero attached hydrogens (tertiary/aromatic N) is 2. The molecule has 3 rings (SSSR count). The molecule has 1 amide bonds. The standard InChI is InChI=1S/C18H16N2O3S2/c1-13-12-24-18(19-13)20(15-6-4-3-5-7-15)17(21)14-8-10-16(11-9-14)25(2,22)23/h3-12H,1-2H3. The van der Waals surface area contributed by atoms with Gasteiger partial charge < -0.3 is 0 Å². The molecule has 5 nitrogen and oxygen atoms in total. The van der Waals surface area contributed by atoms with Crippen molar-refractivity contribution >= 4 is 37.9 Å². The molecule has 0 saturated heterocycles. The molecule has 1 aromatic heterocycles. The molecule has 2 aromatic carbocycles. The number of hydrogen-bond acceptors (Lipinski definition) is 5. The second-order valence-corrected chi connectivity index (χ2v) is 8.40. The van der Waals surface area contributed by atoms with Crippen molar-refractivity contribution in [1.82, 2.24) is 4.98 Å². The van der Waals surface area contributed by atoms with Gasteiger partial charge in [-0.2, -0.15) is 0 Å². The van der Waals surface area contributed by atoms with Crippen molar-refractivity contribution < 1.29 is 13.2 Å². The molecule has 3 aromatic rings. The van der Waals surface area contributed by atoms with Gasteiger partial charge in [0, 0.05) is 17.2 Å². The molecular formula is C18H16N2O3S2. The van der Waals surface area contributed by atoms with E-state index in [1.807, 2.05) is 42.6 Å². The Balaban J connectivity index is 2.03. The fraction of sp³-hybridized carbons (Fsp3) is 0.111. The Labute approximate surface area is 150 Å². The summed E-state index contributed by atoms with van der Waals surface area (Å²) in [7, 11) is -3.30. The molecule has 0 saturated carbocycles. The first-order valence-electron chi connectivity index (χ1n) is 7.48. The Hall–Kier alpha value is -2.51. The number of amides is 1. The number of aromatic nitrogens is 1. The normalized spacial score (nSPS) is 11.3. The Bertz CT molecular complexity index is 994. The molecule has 25 heavy (non-hydrogen) atoms. The molecular weight excluding hydrogens is 356 g/mol. The van der Waals surface area contributed by atoms with Gasteiger partial charge in [-0.1, -0.05) is 18.2 Å². The maximum absolute atomic E-state index is 13.1. The lowest BCUT2D eigenvalue weighted by molar-refractivity contribution is 0.0999. The van der Waals surface area contributed by atoms with E-state index in [2.05, 4.69) is 4.98 Å². The molecule has 0 aliphatic heterocycles. The third-order valence-corrected chi connectivity index (χ3v) is 5.62. The summed E-state index contributed by atoms with van der Waals surface area (Å²) < 4.78 is 23.2. The summed E-state index contributed by atoms with van der Waals surface area (Å²) >= 11 is 1.38. The van der Waals surface area contributed by atoms with Crippen LogP contribution in [0.3, 0.4) is 0 Å². The van der Waals surface area contributed by atoms with Gasteiger partial charge in [-0.25, -0.2) is 13.4 Å². The summed E-state index contributed by atoms with van der Waals surface area (Å²) in [6, 6.07) is 15.2. The van der Waals surface area contributed by atoms with Gasteiger partial charge in [-0.05, 0) is 43.3 Å². The van der Waals surface area contributed by atoms with E-state index in [-0.39, 0.29) is 10.8 Å². The molecule has 7 heteroatoms. The fourth-order valence-corrected chi connectivity index (χ4v) is 3.76. The van der Waals surface area contributed by atoms with E-state index >= 15 is 0 Å². The maximum atomic E-state index is 13.1. The lowest BCUT2D eigenvalue weighted by atomic mass is 10.2. The summed E-state index contributed by atoms with van der Waals surface area (Å²) in [4.78, 5) is 19.2. The quantitative estimate of drug-likeness (QED) is 0.698. The molecule has 0 aliphatic carbocycles. The van der Waals surface area contributed by atoms with E-state index in [1.165, 1.54) is 40.5 Å². The largest absolute Gasteiger partial charge is 0.268 e. The molecule has 0 bridgehead atoms. The number of carbonyl (C=O) groups is 1. The smallest absolute Gasteiger partial charge is 0.264 e. The predicted molar refractivity (Wildman–Crippen MR) is 99.3 cm³/mol. The first-order valence-corrected chi connectivity index (χ1v) is 10.2. The summed E-state index contributed by atoms with van der Waals surface area (Å²) in [6.45, 7) is 1.87. The Morgan fingerprint density at radius 3 is 2.20 bits per heavy atom. The first kappa shape index (κ1) is 17.3. The summed E-state index contributed by atoms with van der Waals surface area (Å²) in [5, 5.41) is 2.45. The van der Waals surface area contributed by atoms with Crippen LogP contribution in [0.4, 0.5) is 10.8 Å². The van der Waals surface area contributed by atoms with E-state index in [4.69, 9.17) is 0 Å². The van der Waals surface area contributed by atoms with Crippen LogP contribution in [0.15, 0.2) is 64.9 Å². The maximum Gasteiger partial charge on any atom is 0.264 e. The lowest BCUT2D eigenvalue weighted by Gasteiger charge is -2.20. The van der Waals surface area contributed by atoms with Crippen LogP contribution in [-0.2, 0) is 9.84 Å². The van der Waals surface area contributed by atoms with Crippen LogP contribution in [0.25, 0.3) is 0 Å². The molecule has 0 N–H and O–H groups in total. The van der Waals surface area contributed by atoms with Gasteiger partial charge in [0.25, 0.3) is 5.91 Å². The zero-order valence-electron chi connectivity index (χ0n) is 13.7. The van der Waals surface area contributed by atoms with Crippen LogP contribution in [0.1, 0.15) is 16.1 Å². The average Bonchev–Trinajstić information content (AvgIpc) is 3.01. The van der Waals surface area contributed by atoms with Gasteiger partial charge in [0.1, 0.15) is 0 Å². The van der Waals surface area contributed by atoms with Gasteiger partial charge in [0.05, 0.1) is 16.3 Å². The number of benzene rings is 2. The van der Waals surface area contributed by atoms with Crippen LogP contribution < -0.4 is 4.90 Å². The average molecular weight is 372 g/mol. The number of hydrogen-bond donors (Lipinski definition) is 0. The SMILES string of the molecule is Cc1csc(N(C(=O)c2ccc(S(C)(=O)=O)cc2)c2ccccc2)n1. The number of thiazole rings is 1. The number of rotatable bonds is 4. The van der Waals surface area contributed by atoms with Crippen LogP contribution in [0.2, 0.25) is 0 Å². The van der Waals surface area contributed by atoms with Gasteiger partial charge in [0.2, 0.25) is 0 Å². The zero-order valence-corrected chi connectivity index (χ0v) is 15.3. The second-order valence-electron chi connectivity index (χ2n) is 5.54. The van der Waals surface area contributed by atoms with E-state index < -0.39 is 9.84 Å². The van der Waals surface area contributed by atoms with E-state index in [0.717, 1.165) is 11.9 Å². The summed E-state index contributed by atoms with van der Waals surface area (Å²) in [5.74, 6) is -0.263. The summed E-state index contributed by atoms with van der Waals surface area (Å²) in [6.07, 6.45) is 1.14. The van der Waals surface area contributed by atoms with Crippen molar-refractivity contribution in [2.24, 2.45) is 0 Å². The molecule has 0 radical (unpaired) electrons. The topological polar surface area (TPSA) is 67.3 Å². The third kappa shape index (κ3) is 3.78. The van der Waals surface area contributed by atoms with E-state index in [9.17, 15) is 13.2 Å². The molecule has 0 aliphatic rings. The van der Waals surface area contributed by atoms with Gasteiger partial charge in [0.15, 0.2) is 15.0 Å². The second kappa shape index (κ2) is 6.78. The van der Waals surface area contributed by atoms with Crippen LogP contribution in [0.5, 0.6) is 0 Å². The Morgan fingerprint density at radius 1 is 1.04 bits per heavy atom. The first-order chi connectivity index (χ1) is 11.9. The number of anilines is 2. The van der Waals surface area contributed by atoms with Crippen molar-refractivity contribution in [3.8, 4) is 0 Å². The number of para-hydroxylation sites is 1. The fourth-order valence-electron chi connectivity index (χ4n) is 2.31. The molecule has 1 heterocycles. The van der Waals surface area contributed by atoms with E-state index in [1.54, 1.807) is 0 Å². The van der Waals surface area contributed by atoms with Crippen molar-refractivity contribution in [1.29, 1.82) is 0 Å². The monoisotopic (exact) mass is 372 g/mol. The van der Waals surface area contributed by atoms with Crippen molar-refractivity contribution in [3.05, 3.63) is 71.2 Å². The van der Waals surface area contributed by atoms with Crippen LogP contribution in [-0.4, -0.2) is 25.6 Å². The van der Waals surface area contributed by atoms with Crippen LogP contribution in [0, 0.1) is 6.92 Å². The van der Waals surface area contributed by atoms with Gasteiger partial charge >= 0.3 is 0 Å². The minimum atomic E-state index is -3.30. The highest BCUT2D eigenvalue weighted by Gasteiger charge is 2.22. The van der Waals surface area contributed by atoms with Crippen molar-refractivity contribution in [2.75, 3.05) is 11.2 Å². The number of carbonyl (C=O) groups excluding carboxylic acids is 1. The molecule has 128 valence electrons. The van der Waals surface area contributed by atoms with Crippen LogP contribution >= 0.6 is 11.3 Å². The Kier molecular flexibility index (Phi) is 4.69. The highest BCUT2D eigenvalue weighted by molar-refractivity contribution is 7.90. The van der Waals surface area contributed by atoms with Gasteiger partial charge in [-0.15, -0.1) is 11.3 Å². The van der Waals surface area contributed by atoms with Crippen molar-refractivity contribution in [3.63, 3.8) is 0 Å². The van der Waals surface area contributed by atoms with E-state index in [0.29, 0.717) is 16.4 Å². The lowest BCUT2D eigenvalue weighted by Crippen LogP contribution is -2.25. The number of sulfone groups is 1. The van der Waals surface area contributed by atoms with Gasteiger partial charge in [-0.3, -0.25) is 9.69 Å². The third-order valence-electron chi connectivity index (χ3n) is 3.55. The Morgan fingerprint density at radius 2 is 1.68 bits per heavy atom. The molecule has 0 unspecified atom stereocenters.